The van der Waals surface area contributed by atoms with Crippen LogP contribution in [0.15, 0.2) is 5.16 Å². The van der Waals surface area contributed by atoms with Crippen molar-refractivity contribution in [2.75, 3.05) is 0 Å². The van der Waals surface area contributed by atoms with Crippen LogP contribution in [0.1, 0.15) is 46.0 Å². The van der Waals surface area contributed by atoms with Gasteiger partial charge < -0.3 is 5.21 Å². The molecule has 1 saturated carbocycles. The van der Waals surface area contributed by atoms with Gasteiger partial charge in [0.2, 0.25) is 0 Å². The van der Waals surface area contributed by atoms with Gasteiger partial charge >= 0.3 is 0 Å². The minimum Gasteiger partial charge on any atom is -0.411 e. The first-order valence-corrected chi connectivity index (χ1v) is 5.05. The Morgan fingerprint density at radius 1 is 1.31 bits per heavy atom. The zero-order valence-electron chi connectivity index (χ0n) is 8.49. The highest BCUT2D eigenvalue weighted by molar-refractivity contribution is 6.29. The SMILES string of the molecule is CC.O=C/C(=N\O)C1CCCCC1. The van der Waals surface area contributed by atoms with Crippen LogP contribution in [0.4, 0.5) is 0 Å². The summed E-state index contributed by atoms with van der Waals surface area (Å²) in [5, 5.41) is 11.4. The van der Waals surface area contributed by atoms with E-state index < -0.39 is 0 Å². The average Bonchev–Trinajstić information content (AvgIpc) is 2.24. The maximum atomic E-state index is 10.3. The first kappa shape index (κ1) is 12.1. The second kappa shape index (κ2) is 7.77. The van der Waals surface area contributed by atoms with Crippen LogP contribution in [0, 0.1) is 5.92 Å². The molecule has 0 amide bonds. The van der Waals surface area contributed by atoms with Crippen molar-refractivity contribution in [2.24, 2.45) is 11.1 Å². The Kier molecular flexibility index (Phi) is 7.26. The molecule has 1 aliphatic carbocycles. The average molecular weight is 185 g/mol. The molecule has 1 aliphatic rings. The van der Waals surface area contributed by atoms with Crippen molar-refractivity contribution in [3.63, 3.8) is 0 Å². The summed E-state index contributed by atoms with van der Waals surface area (Å²) in [5.74, 6) is 0.214. The lowest BCUT2D eigenvalue weighted by Crippen LogP contribution is -2.18. The molecule has 0 aromatic carbocycles. The number of carbonyl (C=O) groups excluding carboxylic acids is 1. The fourth-order valence-corrected chi connectivity index (χ4v) is 1.60. The maximum absolute atomic E-state index is 10.3. The van der Waals surface area contributed by atoms with Gasteiger partial charge in [0.15, 0.2) is 6.29 Å². The van der Waals surface area contributed by atoms with Crippen LogP contribution in [0.5, 0.6) is 0 Å². The van der Waals surface area contributed by atoms with Gasteiger partial charge in [-0.1, -0.05) is 38.3 Å². The van der Waals surface area contributed by atoms with Crippen molar-refractivity contribution in [3.8, 4) is 0 Å². The van der Waals surface area contributed by atoms with E-state index in [1.165, 1.54) is 6.42 Å². The molecule has 0 spiro atoms. The van der Waals surface area contributed by atoms with E-state index in [1.807, 2.05) is 13.8 Å². The maximum Gasteiger partial charge on any atom is 0.167 e. The van der Waals surface area contributed by atoms with Gasteiger partial charge in [-0.3, -0.25) is 4.79 Å². The van der Waals surface area contributed by atoms with Crippen LogP contribution in [0.3, 0.4) is 0 Å². The number of hydrogen-bond donors (Lipinski definition) is 1. The van der Waals surface area contributed by atoms with Crippen molar-refractivity contribution in [1.82, 2.24) is 0 Å². The Balaban J connectivity index is 0.000000671. The molecule has 0 aromatic heterocycles. The molecule has 0 radical (unpaired) electrons. The fraction of sp³-hybridized carbons (Fsp3) is 0.800. The molecule has 13 heavy (non-hydrogen) atoms. The number of nitrogens with zero attached hydrogens (tertiary/aromatic N) is 1. The quantitative estimate of drug-likeness (QED) is 0.311. The molecule has 0 heterocycles. The molecular weight excluding hydrogens is 166 g/mol. The lowest BCUT2D eigenvalue weighted by Gasteiger charge is -2.19. The van der Waals surface area contributed by atoms with Gasteiger partial charge in [-0.05, 0) is 12.8 Å². The van der Waals surface area contributed by atoms with Crippen LogP contribution in [0.2, 0.25) is 0 Å². The molecule has 1 fully saturated rings. The molecule has 0 saturated heterocycles. The number of hydrogen-bond acceptors (Lipinski definition) is 3. The van der Waals surface area contributed by atoms with Crippen LogP contribution in [-0.2, 0) is 4.79 Å². The van der Waals surface area contributed by atoms with Crippen molar-refractivity contribution in [1.29, 1.82) is 0 Å². The van der Waals surface area contributed by atoms with Gasteiger partial charge in [0.25, 0.3) is 0 Å². The Hall–Kier alpha value is -0.860. The van der Waals surface area contributed by atoms with Gasteiger partial charge in [-0.2, -0.15) is 0 Å². The van der Waals surface area contributed by atoms with E-state index >= 15 is 0 Å². The summed E-state index contributed by atoms with van der Waals surface area (Å²) in [6.07, 6.45) is 6.20. The summed E-state index contributed by atoms with van der Waals surface area (Å²) in [7, 11) is 0. The molecule has 0 bridgehead atoms. The van der Waals surface area contributed by atoms with Gasteiger partial charge in [0, 0.05) is 5.92 Å². The smallest absolute Gasteiger partial charge is 0.167 e. The Morgan fingerprint density at radius 2 is 1.85 bits per heavy atom. The van der Waals surface area contributed by atoms with Gasteiger partial charge in [0.05, 0.1) is 0 Å². The third-order valence-corrected chi connectivity index (χ3v) is 2.26. The van der Waals surface area contributed by atoms with E-state index in [4.69, 9.17) is 5.21 Å². The predicted molar refractivity (Wildman–Crippen MR) is 53.2 cm³/mol. The molecule has 0 atom stereocenters. The summed E-state index contributed by atoms with van der Waals surface area (Å²) in [6.45, 7) is 4.00. The summed E-state index contributed by atoms with van der Waals surface area (Å²) in [6, 6.07) is 0. The van der Waals surface area contributed by atoms with E-state index in [2.05, 4.69) is 5.16 Å². The Labute approximate surface area is 79.8 Å². The third-order valence-electron chi connectivity index (χ3n) is 2.26. The van der Waals surface area contributed by atoms with E-state index in [0.717, 1.165) is 25.7 Å². The van der Waals surface area contributed by atoms with Crippen molar-refractivity contribution in [3.05, 3.63) is 0 Å². The van der Waals surface area contributed by atoms with Crippen LogP contribution in [-0.4, -0.2) is 17.2 Å². The molecule has 0 unspecified atom stereocenters. The second-order valence-electron chi connectivity index (χ2n) is 2.98. The Bertz CT molecular complexity index is 160. The summed E-state index contributed by atoms with van der Waals surface area (Å²) < 4.78 is 0. The van der Waals surface area contributed by atoms with Crippen LogP contribution < -0.4 is 0 Å². The molecule has 3 heteroatoms. The van der Waals surface area contributed by atoms with Crippen molar-refractivity contribution < 1.29 is 10.0 Å². The standard InChI is InChI=1S/C8H13NO2.C2H6/c10-6-8(9-11)7-4-2-1-3-5-7;1-2/h6-7,11H,1-5H2;1-2H3/b9-8+;. The summed E-state index contributed by atoms with van der Waals surface area (Å²) in [5.41, 5.74) is 0.324. The normalized spacial score (nSPS) is 18.8. The molecule has 1 N–H and O–H groups in total. The predicted octanol–water partition coefficient (Wildman–Crippen LogP) is 2.62. The molecule has 0 aromatic rings. The molecule has 0 aliphatic heterocycles. The van der Waals surface area contributed by atoms with E-state index in [0.29, 0.717) is 12.0 Å². The van der Waals surface area contributed by atoms with E-state index in [1.54, 1.807) is 0 Å². The lowest BCUT2D eigenvalue weighted by atomic mass is 9.86. The fourth-order valence-electron chi connectivity index (χ4n) is 1.60. The van der Waals surface area contributed by atoms with E-state index in [9.17, 15) is 4.79 Å². The molecular formula is C10H19NO2. The molecule has 3 nitrogen and oxygen atoms in total. The van der Waals surface area contributed by atoms with Crippen LogP contribution in [0.25, 0.3) is 0 Å². The third kappa shape index (κ3) is 4.06. The zero-order chi connectivity index (χ0) is 10.1. The molecule has 76 valence electrons. The van der Waals surface area contributed by atoms with Crippen LogP contribution >= 0.6 is 0 Å². The number of carbonyl (C=O) groups is 1. The minimum atomic E-state index is 0.214. The second-order valence-corrected chi connectivity index (χ2v) is 2.98. The highest BCUT2D eigenvalue weighted by Gasteiger charge is 2.18. The molecule has 1 rings (SSSR count). The Morgan fingerprint density at radius 3 is 2.23 bits per heavy atom. The highest BCUT2D eigenvalue weighted by Crippen LogP contribution is 2.24. The minimum absolute atomic E-state index is 0.214. The van der Waals surface area contributed by atoms with Gasteiger partial charge in [-0.25, -0.2) is 0 Å². The van der Waals surface area contributed by atoms with Crippen molar-refractivity contribution in [2.45, 2.75) is 46.0 Å². The first-order chi connectivity index (χ1) is 6.38. The number of oxime groups is 1. The topological polar surface area (TPSA) is 49.7 Å². The van der Waals surface area contributed by atoms with Gasteiger partial charge in [0.1, 0.15) is 5.71 Å². The highest BCUT2D eigenvalue weighted by atomic mass is 16.4. The van der Waals surface area contributed by atoms with E-state index in [-0.39, 0.29) is 5.92 Å². The first-order valence-electron chi connectivity index (χ1n) is 5.05. The van der Waals surface area contributed by atoms with Gasteiger partial charge in [-0.15, -0.1) is 0 Å². The zero-order valence-corrected chi connectivity index (χ0v) is 8.49. The number of rotatable bonds is 2. The lowest BCUT2D eigenvalue weighted by molar-refractivity contribution is -0.103. The van der Waals surface area contributed by atoms with Crippen molar-refractivity contribution >= 4 is 12.0 Å². The number of aldehydes is 1. The largest absolute Gasteiger partial charge is 0.411 e. The summed E-state index contributed by atoms with van der Waals surface area (Å²) >= 11 is 0. The monoisotopic (exact) mass is 185 g/mol. The summed E-state index contributed by atoms with van der Waals surface area (Å²) in [4.78, 5) is 10.3.